The highest BCUT2D eigenvalue weighted by molar-refractivity contribution is 6.40. The number of amides is 3. The van der Waals surface area contributed by atoms with Crippen molar-refractivity contribution in [2.45, 2.75) is 38.8 Å². The van der Waals surface area contributed by atoms with Gasteiger partial charge in [0.1, 0.15) is 24.3 Å². The molecule has 3 amide bonds. The number of aromatic nitrogens is 3. The normalized spacial score (nSPS) is 11.7. The number of carbonyl (C=O) groups excluding carboxylic acids is 4. The highest BCUT2D eigenvalue weighted by Crippen LogP contribution is 2.24. The van der Waals surface area contributed by atoms with E-state index in [0.29, 0.717) is 10.7 Å². The van der Waals surface area contributed by atoms with Gasteiger partial charge in [0.15, 0.2) is 0 Å². The van der Waals surface area contributed by atoms with E-state index in [0.717, 1.165) is 5.56 Å². The van der Waals surface area contributed by atoms with Gasteiger partial charge in [0.2, 0.25) is 5.91 Å². The Labute approximate surface area is 247 Å². The van der Waals surface area contributed by atoms with E-state index >= 15 is 0 Å². The summed E-state index contributed by atoms with van der Waals surface area (Å²) in [4.78, 5) is 56.2. The maximum Gasteiger partial charge on any atom is 0.340 e. The molecule has 0 radical (unpaired) electrons. The summed E-state index contributed by atoms with van der Waals surface area (Å²) in [6, 6.07) is 18.9. The second-order valence-electron chi connectivity index (χ2n) is 10.2. The van der Waals surface area contributed by atoms with Gasteiger partial charge in [0.25, 0.3) is 0 Å². The molecule has 42 heavy (non-hydrogen) atoms. The fourth-order valence-corrected chi connectivity index (χ4v) is 4.10. The van der Waals surface area contributed by atoms with Crippen molar-refractivity contribution in [1.82, 2.24) is 20.1 Å². The van der Waals surface area contributed by atoms with Gasteiger partial charge in [-0.05, 0) is 56.7 Å². The van der Waals surface area contributed by atoms with Crippen LogP contribution in [-0.2, 0) is 25.5 Å². The van der Waals surface area contributed by atoms with Crippen LogP contribution in [0.4, 0.5) is 11.4 Å². The van der Waals surface area contributed by atoms with Gasteiger partial charge in [-0.3, -0.25) is 14.4 Å². The van der Waals surface area contributed by atoms with E-state index in [1.165, 1.54) is 29.5 Å². The molecule has 4 rings (SSSR count). The van der Waals surface area contributed by atoms with Crippen molar-refractivity contribution in [3.63, 3.8) is 0 Å². The predicted molar refractivity (Wildman–Crippen MR) is 157 cm³/mol. The summed E-state index contributed by atoms with van der Waals surface area (Å²) in [5, 5.41) is 12.1. The standard InChI is InChI=1S/C30H29ClN6O5/c1-30(2,3)42-29(41)21-11-7-8-12-22(21)34-26(38)24(15-19-9-5-4-6-10-19)36-28(40)27(39)35-23-16-20(31)13-14-25(23)37-18-32-17-33-37/h4-14,16-18,24H,15H2,1-3H3,(H,34,38)(H,35,39)(H,36,40). The number of para-hydroxylation sites is 1. The van der Waals surface area contributed by atoms with Crippen molar-refractivity contribution in [2.24, 2.45) is 0 Å². The number of halogens is 1. The lowest BCUT2D eigenvalue weighted by atomic mass is 10.0. The number of esters is 1. The molecule has 0 saturated heterocycles. The molecule has 0 bridgehead atoms. The Morgan fingerprint density at radius 1 is 0.905 bits per heavy atom. The molecule has 3 aromatic carbocycles. The number of ether oxygens (including phenoxy) is 1. The third-order valence-electron chi connectivity index (χ3n) is 5.79. The van der Waals surface area contributed by atoms with E-state index in [1.54, 1.807) is 75.4 Å². The number of benzene rings is 3. The molecule has 1 unspecified atom stereocenters. The molecule has 12 heteroatoms. The van der Waals surface area contributed by atoms with E-state index < -0.39 is 35.3 Å². The zero-order valence-corrected chi connectivity index (χ0v) is 23.9. The summed E-state index contributed by atoms with van der Waals surface area (Å²) < 4.78 is 6.87. The lowest BCUT2D eigenvalue weighted by Crippen LogP contribution is -2.49. The van der Waals surface area contributed by atoms with Crippen molar-refractivity contribution >= 4 is 46.7 Å². The van der Waals surface area contributed by atoms with Gasteiger partial charge in [-0.15, -0.1) is 0 Å². The molecule has 0 spiro atoms. The maximum absolute atomic E-state index is 13.5. The van der Waals surface area contributed by atoms with Gasteiger partial charge in [-0.2, -0.15) is 5.10 Å². The monoisotopic (exact) mass is 588 g/mol. The number of anilines is 2. The van der Waals surface area contributed by atoms with Crippen molar-refractivity contribution < 1.29 is 23.9 Å². The molecule has 0 aliphatic carbocycles. The minimum absolute atomic E-state index is 0.0711. The number of hydrogen-bond donors (Lipinski definition) is 3. The zero-order chi connectivity index (χ0) is 30.3. The molecule has 0 fully saturated rings. The van der Waals surface area contributed by atoms with Crippen LogP contribution >= 0.6 is 11.6 Å². The summed E-state index contributed by atoms with van der Waals surface area (Å²) >= 11 is 6.12. The van der Waals surface area contributed by atoms with Crippen molar-refractivity contribution in [2.75, 3.05) is 10.6 Å². The lowest BCUT2D eigenvalue weighted by Gasteiger charge is -2.22. The highest BCUT2D eigenvalue weighted by atomic mass is 35.5. The number of nitrogens with zero attached hydrogens (tertiary/aromatic N) is 3. The van der Waals surface area contributed by atoms with Crippen molar-refractivity contribution in [1.29, 1.82) is 0 Å². The first-order valence-corrected chi connectivity index (χ1v) is 13.3. The average molecular weight is 589 g/mol. The predicted octanol–water partition coefficient (Wildman–Crippen LogP) is 4.18. The van der Waals surface area contributed by atoms with Gasteiger partial charge in [-0.1, -0.05) is 54.1 Å². The Morgan fingerprint density at radius 3 is 2.31 bits per heavy atom. The lowest BCUT2D eigenvalue weighted by molar-refractivity contribution is -0.137. The van der Waals surface area contributed by atoms with Crippen LogP contribution in [0.25, 0.3) is 5.69 Å². The first kappa shape index (κ1) is 29.9. The van der Waals surface area contributed by atoms with Crippen LogP contribution in [0.15, 0.2) is 85.5 Å². The number of nitrogens with one attached hydrogen (secondary N) is 3. The van der Waals surface area contributed by atoms with Crippen LogP contribution in [0.3, 0.4) is 0 Å². The van der Waals surface area contributed by atoms with Crippen molar-refractivity contribution in [3.8, 4) is 5.69 Å². The summed E-state index contributed by atoms with van der Waals surface area (Å²) in [6.07, 6.45) is 2.82. The van der Waals surface area contributed by atoms with Crippen LogP contribution in [0.5, 0.6) is 0 Å². The van der Waals surface area contributed by atoms with Crippen LogP contribution < -0.4 is 16.0 Å². The van der Waals surface area contributed by atoms with Gasteiger partial charge in [0.05, 0.1) is 22.6 Å². The number of hydrogen-bond acceptors (Lipinski definition) is 7. The van der Waals surface area contributed by atoms with E-state index in [2.05, 4.69) is 26.0 Å². The average Bonchev–Trinajstić information content (AvgIpc) is 3.47. The highest BCUT2D eigenvalue weighted by Gasteiger charge is 2.27. The molecule has 1 aromatic heterocycles. The molecule has 0 aliphatic heterocycles. The molecule has 216 valence electrons. The van der Waals surface area contributed by atoms with Gasteiger partial charge in [0, 0.05) is 11.4 Å². The summed E-state index contributed by atoms with van der Waals surface area (Å²) in [5.41, 5.74) is 0.970. The van der Waals surface area contributed by atoms with Crippen LogP contribution in [0.2, 0.25) is 5.02 Å². The Balaban J connectivity index is 1.54. The summed E-state index contributed by atoms with van der Waals surface area (Å²) in [5.74, 6) is -3.34. The SMILES string of the molecule is CC(C)(C)OC(=O)c1ccccc1NC(=O)C(Cc1ccccc1)NC(=O)C(=O)Nc1cc(Cl)ccc1-n1cncn1. The van der Waals surface area contributed by atoms with Crippen LogP contribution in [-0.4, -0.2) is 50.1 Å². The van der Waals surface area contributed by atoms with E-state index in [9.17, 15) is 19.2 Å². The van der Waals surface area contributed by atoms with E-state index in [-0.39, 0.29) is 23.4 Å². The van der Waals surface area contributed by atoms with E-state index in [4.69, 9.17) is 16.3 Å². The molecular formula is C30H29ClN6O5. The van der Waals surface area contributed by atoms with Gasteiger partial charge >= 0.3 is 17.8 Å². The second-order valence-corrected chi connectivity index (χ2v) is 10.6. The molecule has 1 atom stereocenters. The fourth-order valence-electron chi connectivity index (χ4n) is 3.93. The topological polar surface area (TPSA) is 144 Å². The Hall–Kier alpha value is -5.03. The fraction of sp³-hybridized carbons (Fsp3) is 0.200. The zero-order valence-electron chi connectivity index (χ0n) is 23.1. The first-order valence-electron chi connectivity index (χ1n) is 12.9. The third kappa shape index (κ3) is 8.01. The molecule has 4 aromatic rings. The second kappa shape index (κ2) is 13.1. The third-order valence-corrected chi connectivity index (χ3v) is 6.02. The maximum atomic E-state index is 13.5. The molecule has 1 heterocycles. The Bertz CT molecular complexity index is 1590. The number of rotatable bonds is 8. The molecular weight excluding hydrogens is 560 g/mol. The van der Waals surface area contributed by atoms with Crippen molar-refractivity contribution in [3.05, 3.63) is 102 Å². The Morgan fingerprint density at radius 2 is 1.62 bits per heavy atom. The number of carbonyl (C=O) groups is 4. The largest absolute Gasteiger partial charge is 0.456 e. The minimum Gasteiger partial charge on any atom is -0.456 e. The smallest absolute Gasteiger partial charge is 0.340 e. The summed E-state index contributed by atoms with van der Waals surface area (Å²) in [7, 11) is 0. The quantitative estimate of drug-likeness (QED) is 0.207. The van der Waals surface area contributed by atoms with Crippen LogP contribution in [0.1, 0.15) is 36.7 Å². The van der Waals surface area contributed by atoms with Crippen LogP contribution in [0, 0.1) is 0 Å². The first-order chi connectivity index (χ1) is 20.0. The summed E-state index contributed by atoms with van der Waals surface area (Å²) in [6.45, 7) is 5.21. The molecule has 11 nitrogen and oxygen atoms in total. The molecule has 0 aliphatic rings. The molecule has 0 saturated carbocycles. The molecule has 3 N–H and O–H groups in total. The van der Waals surface area contributed by atoms with E-state index in [1.807, 2.05) is 6.07 Å². The Kier molecular flexibility index (Phi) is 9.33. The minimum atomic E-state index is -1.17. The van der Waals surface area contributed by atoms with Gasteiger partial charge in [-0.25, -0.2) is 14.5 Å². The van der Waals surface area contributed by atoms with Gasteiger partial charge < -0.3 is 20.7 Å².